The first-order valence-corrected chi connectivity index (χ1v) is 8.71. The molecule has 0 bridgehead atoms. The van der Waals surface area contributed by atoms with Crippen molar-refractivity contribution in [3.63, 3.8) is 0 Å². The van der Waals surface area contributed by atoms with Gasteiger partial charge in [0.1, 0.15) is 12.3 Å². The van der Waals surface area contributed by atoms with E-state index < -0.39 is 5.60 Å². The fraction of sp³-hybridized carbons (Fsp3) is 0.263. The van der Waals surface area contributed by atoms with E-state index in [1.807, 2.05) is 0 Å². The molecule has 0 unspecified atom stereocenters. The number of fused-ring (bicyclic) bond motifs is 2. The largest absolute Gasteiger partial charge is 0.476 e. The van der Waals surface area contributed by atoms with Crippen LogP contribution in [0.5, 0.6) is 17.2 Å². The van der Waals surface area contributed by atoms with Gasteiger partial charge in [0, 0.05) is 16.8 Å². The number of carbonyl (C=O) groups excluding carboxylic acids is 2. The van der Waals surface area contributed by atoms with E-state index in [0.29, 0.717) is 33.6 Å². The molecule has 0 aliphatic carbocycles. The molecule has 0 saturated heterocycles. The van der Waals surface area contributed by atoms with Crippen molar-refractivity contribution in [2.75, 3.05) is 23.6 Å². The van der Waals surface area contributed by atoms with E-state index in [4.69, 9.17) is 25.8 Å². The van der Waals surface area contributed by atoms with Crippen LogP contribution in [0.3, 0.4) is 0 Å². The highest BCUT2D eigenvalue weighted by Gasteiger charge is 2.41. The van der Waals surface area contributed by atoms with Gasteiger partial charge in [0.2, 0.25) is 12.7 Å². The van der Waals surface area contributed by atoms with Crippen molar-refractivity contribution in [1.82, 2.24) is 0 Å². The van der Waals surface area contributed by atoms with Gasteiger partial charge in [-0.15, -0.1) is 0 Å². The first kappa shape index (κ1) is 17.5. The molecule has 0 spiro atoms. The van der Waals surface area contributed by atoms with Gasteiger partial charge >= 0.3 is 0 Å². The number of hydrogen-bond acceptors (Lipinski definition) is 5. The molecule has 2 amide bonds. The molecular formula is C19H17ClN2O5. The van der Waals surface area contributed by atoms with Crippen molar-refractivity contribution in [2.24, 2.45) is 0 Å². The first-order valence-electron chi connectivity index (χ1n) is 8.33. The molecule has 4 rings (SSSR count). The summed E-state index contributed by atoms with van der Waals surface area (Å²) in [7, 11) is 0. The summed E-state index contributed by atoms with van der Waals surface area (Å²) in [6.07, 6.45) is 0. The van der Waals surface area contributed by atoms with Gasteiger partial charge in [-0.1, -0.05) is 11.6 Å². The number of nitrogens with one attached hydrogen (secondary N) is 1. The Labute approximate surface area is 160 Å². The Morgan fingerprint density at radius 1 is 1.15 bits per heavy atom. The van der Waals surface area contributed by atoms with Crippen LogP contribution in [0.15, 0.2) is 36.4 Å². The van der Waals surface area contributed by atoms with Gasteiger partial charge in [-0.25, -0.2) is 0 Å². The molecule has 7 nitrogen and oxygen atoms in total. The van der Waals surface area contributed by atoms with E-state index in [-0.39, 0.29) is 25.2 Å². The quantitative estimate of drug-likeness (QED) is 0.873. The number of amides is 2. The van der Waals surface area contributed by atoms with Crippen molar-refractivity contribution < 1.29 is 23.8 Å². The Morgan fingerprint density at radius 2 is 1.89 bits per heavy atom. The van der Waals surface area contributed by atoms with Gasteiger partial charge in [0.15, 0.2) is 17.1 Å². The fourth-order valence-corrected chi connectivity index (χ4v) is 3.18. The first-order chi connectivity index (χ1) is 12.8. The second-order valence-corrected chi connectivity index (χ2v) is 7.17. The fourth-order valence-electron chi connectivity index (χ4n) is 3.02. The van der Waals surface area contributed by atoms with Gasteiger partial charge in [-0.2, -0.15) is 0 Å². The second kappa shape index (κ2) is 6.35. The number of rotatable bonds is 3. The Balaban J connectivity index is 1.56. The van der Waals surface area contributed by atoms with Crippen LogP contribution in [0.4, 0.5) is 11.4 Å². The SMILES string of the molecule is CC1(C)Oc2ccc(Cl)cc2N(CC(=O)Nc2ccc3c(c2)OCO3)C1=O. The lowest BCUT2D eigenvalue weighted by molar-refractivity contribution is -0.133. The van der Waals surface area contributed by atoms with Crippen LogP contribution in [0, 0.1) is 0 Å². The molecule has 2 aliphatic rings. The van der Waals surface area contributed by atoms with Crippen LogP contribution in [0.25, 0.3) is 0 Å². The third-order valence-corrected chi connectivity index (χ3v) is 4.53. The Morgan fingerprint density at radius 3 is 2.70 bits per heavy atom. The lowest BCUT2D eigenvalue weighted by Crippen LogP contribution is -2.54. The Hall–Kier alpha value is -2.93. The molecule has 140 valence electrons. The lowest BCUT2D eigenvalue weighted by Gasteiger charge is -2.38. The maximum absolute atomic E-state index is 12.8. The highest BCUT2D eigenvalue weighted by Crippen LogP contribution is 2.39. The number of ether oxygens (including phenoxy) is 3. The third kappa shape index (κ3) is 3.26. The van der Waals surface area contributed by atoms with Crippen LogP contribution in [0.1, 0.15) is 13.8 Å². The van der Waals surface area contributed by atoms with Crippen LogP contribution >= 0.6 is 11.6 Å². The summed E-state index contributed by atoms with van der Waals surface area (Å²) in [5, 5.41) is 3.22. The monoisotopic (exact) mass is 388 g/mol. The van der Waals surface area contributed by atoms with Crippen molar-refractivity contribution in [3.05, 3.63) is 41.4 Å². The summed E-state index contributed by atoms with van der Waals surface area (Å²) in [6, 6.07) is 10.1. The highest BCUT2D eigenvalue weighted by molar-refractivity contribution is 6.31. The van der Waals surface area contributed by atoms with Crippen LogP contribution < -0.4 is 24.4 Å². The molecule has 2 heterocycles. The number of hydrogen-bond donors (Lipinski definition) is 1. The van der Waals surface area contributed by atoms with Crippen LogP contribution in [-0.2, 0) is 9.59 Å². The van der Waals surface area contributed by atoms with E-state index in [2.05, 4.69) is 5.32 Å². The summed E-state index contributed by atoms with van der Waals surface area (Å²) < 4.78 is 16.3. The molecule has 2 aliphatic heterocycles. The topological polar surface area (TPSA) is 77.1 Å². The summed E-state index contributed by atoms with van der Waals surface area (Å²) in [5.74, 6) is 1.01. The lowest BCUT2D eigenvalue weighted by atomic mass is 10.0. The molecule has 0 aromatic heterocycles. The molecule has 0 atom stereocenters. The smallest absolute Gasteiger partial charge is 0.271 e. The molecule has 8 heteroatoms. The van der Waals surface area contributed by atoms with Gasteiger partial charge in [0.05, 0.1) is 5.69 Å². The number of benzene rings is 2. The maximum atomic E-state index is 12.8. The second-order valence-electron chi connectivity index (χ2n) is 6.73. The van der Waals surface area contributed by atoms with Crippen molar-refractivity contribution in [3.8, 4) is 17.2 Å². The zero-order valence-corrected chi connectivity index (χ0v) is 15.5. The summed E-state index contributed by atoms with van der Waals surface area (Å²) in [4.78, 5) is 26.8. The van der Waals surface area contributed by atoms with Crippen molar-refractivity contribution in [1.29, 1.82) is 0 Å². The van der Waals surface area contributed by atoms with Crippen molar-refractivity contribution in [2.45, 2.75) is 19.4 Å². The molecule has 1 N–H and O–H groups in total. The molecule has 27 heavy (non-hydrogen) atoms. The predicted octanol–water partition coefficient (Wildman–Crippen LogP) is 3.21. The molecule has 0 fully saturated rings. The number of carbonyl (C=O) groups is 2. The minimum absolute atomic E-state index is 0.154. The number of anilines is 2. The molecular weight excluding hydrogens is 372 g/mol. The molecule has 0 radical (unpaired) electrons. The average molecular weight is 389 g/mol. The van der Waals surface area contributed by atoms with Gasteiger partial charge < -0.3 is 19.5 Å². The highest BCUT2D eigenvalue weighted by atomic mass is 35.5. The summed E-state index contributed by atoms with van der Waals surface area (Å²) in [5.41, 5.74) is -0.0666. The minimum Gasteiger partial charge on any atom is -0.476 e. The van der Waals surface area contributed by atoms with E-state index >= 15 is 0 Å². The van der Waals surface area contributed by atoms with E-state index in [9.17, 15) is 9.59 Å². The Kier molecular flexibility index (Phi) is 4.11. The van der Waals surface area contributed by atoms with E-state index in [1.165, 1.54) is 4.90 Å². The van der Waals surface area contributed by atoms with E-state index in [1.54, 1.807) is 50.2 Å². The van der Waals surface area contributed by atoms with Crippen LogP contribution in [-0.4, -0.2) is 30.8 Å². The third-order valence-electron chi connectivity index (χ3n) is 4.30. The molecule has 0 saturated carbocycles. The zero-order chi connectivity index (χ0) is 19.2. The van der Waals surface area contributed by atoms with Crippen molar-refractivity contribution >= 4 is 34.8 Å². The Bertz CT molecular complexity index is 944. The van der Waals surface area contributed by atoms with E-state index in [0.717, 1.165) is 0 Å². The van der Waals surface area contributed by atoms with Gasteiger partial charge in [-0.05, 0) is 44.2 Å². The minimum atomic E-state index is -1.08. The van der Waals surface area contributed by atoms with Crippen LogP contribution in [0.2, 0.25) is 5.02 Å². The maximum Gasteiger partial charge on any atom is 0.271 e. The number of halogens is 1. The molecule has 2 aromatic rings. The number of nitrogens with zero attached hydrogens (tertiary/aromatic N) is 1. The standard InChI is InChI=1S/C19H17ClN2O5/c1-19(2)18(24)22(13-7-11(20)3-5-14(13)27-19)9-17(23)21-12-4-6-15-16(8-12)26-10-25-15/h3-8H,9-10H2,1-2H3,(H,21,23). The van der Waals surface area contributed by atoms with Gasteiger partial charge in [-0.3, -0.25) is 14.5 Å². The predicted molar refractivity (Wildman–Crippen MR) is 99.7 cm³/mol. The normalized spacial score (nSPS) is 16.6. The zero-order valence-electron chi connectivity index (χ0n) is 14.7. The average Bonchev–Trinajstić information content (AvgIpc) is 3.07. The summed E-state index contributed by atoms with van der Waals surface area (Å²) >= 11 is 6.06. The molecule has 2 aromatic carbocycles. The van der Waals surface area contributed by atoms with Gasteiger partial charge in [0.25, 0.3) is 5.91 Å². The summed E-state index contributed by atoms with van der Waals surface area (Å²) in [6.45, 7) is 3.31.